The van der Waals surface area contributed by atoms with E-state index >= 15 is 0 Å². The molecule has 0 aliphatic heterocycles. The van der Waals surface area contributed by atoms with Crippen LogP contribution in [0.25, 0.3) is 0 Å². The Balaban J connectivity index is 4.08. The number of amides is 3. The van der Waals surface area contributed by atoms with Crippen LogP contribution >= 0.6 is 0 Å². The highest BCUT2D eigenvalue weighted by molar-refractivity contribution is 5.86. The van der Waals surface area contributed by atoms with Gasteiger partial charge in [0.05, 0.1) is 0 Å². The molecule has 0 heterocycles. The minimum atomic E-state index is -1.22. The molecule has 0 saturated heterocycles. The topological polar surface area (TPSA) is 122 Å². The number of carbonyl (C=O) groups excluding carboxylic acids is 2. The molecule has 0 saturated carbocycles. The van der Waals surface area contributed by atoms with Crippen molar-refractivity contribution in [2.24, 2.45) is 5.73 Å². The molecule has 3 amide bonds. The van der Waals surface area contributed by atoms with Gasteiger partial charge in [0.25, 0.3) is 0 Å². The first-order chi connectivity index (χ1) is 8.88. The van der Waals surface area contributed by atoms with Gasteiger partial charge in [-0.05, 0) is 25.7 Å². The Labute approximate surface area is 112 Å². The molecular formula is C12H23N3O4. The van der Waals surface area contributed by atoms with Crippen molar-refractivity contribution in [2.45, 2.75) is 51.5 Å². The van der Waals surface area contributed by atoms with Crippen LogP contribution in [0.4, 0.5) is 4.79 Å². The number of nitrogens with two attached hydrogens (primary N) is 1. The van der Waals surface area contributed by atoms with Crippen molar-refractivity contribution in [3.05, 3.63) is 0 Å². The molecule has 19 heavy (non-hydrogen) atoms. The molecule has 0 atom stereocenters. The molecule has 5 N–H and O–H groups in total. The fraction of sp³-hybridized carbons (Fsp3) is 0.750. The second kappa shape index (κ2) is 8.34. The van der Waals surface area contributed by atoms with E-state index in [2.05, 4.69) is 10.6 Å². The Morgan fingerprint density at radius 3 is 2.16 bits per heavy atom. The third-order valence-electron chi connectivity index (χ3n) is 3.10. The molecule has 0 unspecified atom stereocenters. The van der Waals surface area contributed by atoms with Gasteiger partial charge >= 0.3 is 12.0 Å². The van der Waals surface area contributed by atoms with Crippen molar-refractivity contribution in [3.8, 4) is 0 Å². The van der Waals surface area contributed by atoms with Crippen LogP contribution in [0.1, 0.15) is 46.0 Å². The molecule has 0 aromatic rings. The third kappa shape index (κ3) is 6.08. The number of urea groups is 1. The summed E-state index contributed by atoms with van der Waals surface area (Å²) >= 11 is 0. The summed E-state index contributed by atoms with van der Waals surface area (Å²) in [6, 6.07) is -0.509. The van der Waals surface area contributed by atoms with Crippen LogP contribution in [-0.4, -0.2) is 35.1 Å². The molecule has 0 radical (unpaired) electrons. The maximum Gasteiger partial charge on any atom is 0.329 e. The monoisotopic (exact) mass is 273 g/mol. The van der Waals surface area contributed by atoms with Crippen molar-refractivity contribution in [1.82, 2.24) is 10.6 Å². The summed E-state index contributed by atoms with van der Waals surface area (Å²) in [6.07, 6.45) is 2.13. The molecule has 7 heteroatoms. The summed E-state index contributed by atoms with van der Waals surface area (Å²) in [5.41, 5.74) is 3.76. The zero-order valence-corrected chi connectivity index (χ0v) is 11.5. The Kier molecular flexibility index (Phi) is 7.55. The number of aliphatic carboxylic acids is 1. The molecule has 0 aliphatic rings. The van der Waals surface area contributed by atoms with E-state index in [1.54, 1.807) is 13.8 Å². The van der Waals surface area contributed by atoms with E-state index < -0.39 is 17.5 Å². The number of carboxylic acids is 1. The lowest BCUT2D eigenvalue weighted by atomic mass is 9.93. The number of primary amides is 1. The van der Waals surface area contributed by atoms with Crippen LogP contribution in [0.5, 0.6) is 0 Å². The van der Waals surface area contributed by atoms with E-state index in [4.69, 9.17) is 10.8 Å². The van der Waals surface area contributed by atoms with E-state index in [0.29, 0.717) is 32.2 Å². The van der Waals surface area contributed by atoms with E-state index in [-0.39, 0.29) is 12.3 Å². The molecule has 0 rings (SSSR count). The van der Waals surface area contributed by atoms with Crippen LogP contribution in [0, 0.1) is 0 Å². The number of nitrogens with one attached hydrogen (secondary N) is 2. The molecule has 7 nitrogen and oxygen atoms in total. The van der Waals surface area contributed by atoms with Gasteiger partial charge in [0.1, 0.15) is 5.54 Å². The molecule has 0 bridgehead atoms. The number of carbonyl (C=O) groups is 3. The second-order valence-electron chi connectivity index (χ2n) is 4.40. The summed E-state index contributed by atoms with van der Waals surface area (Å²) in [5.74, 6) is -1.41. The molecule has 0 aromatic heterocycles. The van der Waals surface area contributed by atoms with Crippen LogP contribution in [0.2, 0.25) is 0 Å². The fourth-order valence-electron chi connectivity index (χ4n) is 1.67. The quantitative estimate of drug-likeness (QED) is 0.459. The zero-order chi connectivity index (χ0) is 14.9. The highest BCUT2D eigenvalue weighted by atomic mass is 16.4. The minimum Gasteiger partial charge on any atom is -0.480 e. The number of rotatable bonds is 9. The van der Waals surface area contributed by atoms with Crippen LogP contribution < -0.4 is 16.4 Å². The van der Waals surface area contributed by atoms with Gasteiger partial charge in [-0.25, -0.2) is 9.59 Å². The van der Waals surface area contributed by atoms with E-state index in [1.165, 1.54) is 0 Å². The molecule has 0 aromatic carbocycles. The summed E-state index contributed by atoms with van der Waals surface area (Å²) in [6.45, 7) is 3.80. The molecule has 0 aliphatic carbocycles. The lowest BCUT2D eigenvalue weighted by Crippen LogP contribution is -2.56. The Morgan fingerprint density at radius 1 is 1.16 bits per heavy atom. The number of unbranched alkanes of at least 4 members (excludes halogenated alkanes) is 1. The summed E-state index contributed by atoms with van der Waals surface area (Å²) in [5, 5.41) is 14.2. The van der Waals surface area contributed by atoms with Gasteiger partial charge in [-0.15, -0.1) is 0 Å². The minimum absolute atomic E-state index is 0.284. The Morgan fingerprint density at radius 2 is 1.74 bits per heavy atom. The number of hydrogen-bond acceptors (Lipinski definition) is 3. The Bertz CT molecular complexity index is 327. The fourth-order valence-corrected chi connectivity index (χ4v) is 1.67. The SMILES string of the molecule is CCC(CC)(NC(=O)NCCCCC(N)=O)C(=O)O. The first-order valence-corrected chi connectivity index (χ1v) is 6.45. The predicted octanol–water partition coefficient (Wildman–Crippen LogP) is 0.585. The van der Waals surface area contributed by atoms with Gasteiger partial charge in [-0.1, -0.05) is 13.8 Å². The molecule has 110 valence electrons. The van der Waals surface area contributed by atoms with E-state index in [0.717, 1.165) is 0 Å². The lowest BCUT2D eigenvalue weighted by Gasteiger charge is -2.28. The van der Waals surface area contributed by atoms with E-state index in [1.807, 2.05) is 0 Å². The predicted molar refractivity (Wildman–Crippen MR) is 70.5 cm³/mol. The normalized spacial score (nSPS) is 10.8. The first-order valence-electron chi connectivity index (χ1n) is 6.45. The van der Waals surface area contributed by atoms with Gasteiger partial charge in [0, 0.05) is 13.0 Å². The maximum atomic E-state index is 11.6. The average molecular weight is 273 g/mol. The van der Waals surface area contributed by atoms with Crippen LogP contribution in [0.3, 0.4) is 0 Å². The molecule has 0 spiro atoms. The summed E-state index contributed by atoms with van der Waals surface area (Å²) < 4.78 is 0. The van der Waals surface area contributed by atoms with E-state index in [9.17, 15) is 14.4 Å². The zero-order valence-electron chi connectivity index (χ0n) is 11.5. The maximum absolute atomic E-state index is 11.6. The van der Waals surface area contributed by atoms with Crippen molar-refractivity contribution >= 4 is 17.9 Å². The lowest BCUT2D eigenvalue weighted by molar-refractivity contribution is -0.144. The first kappa shape index (κ1) is 17.2. The van der Waals surface area contributed by atoms with Crippen molar-refractivity contribution in [1.29, 1.82) is 0 Å². The van der Waals surface area contributed by atoms with Gasteiger partial charge in [0.15, 0.2) is 0 Å². The highest BCUT2D eigenvalue weighted by Gasteiger charge is 2.36. The Hall–Kier alpha value is -1.79. The number of hydrogen-bond donors (Lipinski definition) is 4. The summed E-state index contributed by atoms with van der Waals surface area (Å²) in [4.78, 5) is 33.3. The average Bonchev–Trinajstić information content (AvgIpc) is 2.34. The van der Waals surface area contributed by atoms with Crippen LogP contribution in [-0.2, 0) is 9.59 Å². The molecule has 0 fully saturated rings. The smallest absolute Gasteiger partial charge is 0.329 e. The largest absolute Gasteiger partial charge is 0.480 e. The number of carboxylic acid groups (broad SMARTS) is 1. The third-order valence-corrected chi connectivity index (χ3v) is 3.10. The van der Waals surface area contributed by atoms with Gasteiger partial charge in [-0.2, -0.15) is 0 Å². The second-order valence-corrected chi connectivity index (χ2v) is 4.40. The van der Waals surface area contributed by atoms with Gasteiger partial charge in [0.2, 0.25) is 5.91 Å². The highest BCUT2D eigenvalue weighted by Crippen LogP contribution is 2.15. The van der Waals surface area contributed by atoms with Gasteiger partial charge < -0.3 is 21.5 Å². The van der Waals surface area contributed by atoms with Crippen molar-refractivity contribution < 1.29 is 19.5 Å². The molecular weight excluding hydrogens is 250 g/mol. The van der Waals surface area contributed by atoms with Gasteiger partial charge in [-0.3, -0.25) is 4.79 Å². The van der Waals surface area contributed by atoms with Crippen LogP contribution in [0.15, 0.2) is 0 Å². The standard InChI is InChI=1S/C12H23N3O4/c1-3-12(4-2,10(17)18)15-11(19)14-8-6-5-7-9(13)16/h3-8H2,1-2H3,(H2,13,16)(H,17,18)(H2,14,15,19). The van der Waals surface area contributed by atoms with Crippen molar-refractivity contribution in [2.75, 3.05) is 6.54 Å². The summed E-state index contributed by atoms with van der Waals surface area (Å²) in [7, 11) is 0. The van der Waals surface area contributed by atoms with Crippen molar-refractivity contribution in [3.63, 3.8) is 0 Å².